The van der Waals surface area contributed by atoms with Crippen LogP contribution in [0.2, 0.25) is 0 Å². The van der Waals surface area contributed by atoms with Crippen LogP contribution in [0.15, 0.2) is 22.9 Å². The molecule has 0 saturated carbocycles. The van der Waals surface area contributed by atoms with E-state index in [1.807, 2.05) is 22.9 Å². The molecule has 7 nitrogen and oxygen atoms in total. The average Bonchev–Trinajstić information content (AvgIpc) is 2.83. The van der Waals surface area contributed by atoms with E-state index in [2.05, 4.69) is 0 Å². The Morgan fingerprint density at radius 3 is 1.79 bits per heavy atom. The summed E-state index contributed by atoms with van der Waals surface area (Å²) in [6, 6.07) is 2.98. The molecule has 1 aromatic rings. The molecule has 0 bridgehead atoms. The fraction of sp³-hybridized carbons (Fsp3) is 0.364. The highest BCUT2D eigenvalue weighted by Gasteiger charge is 2.12. The summed E-state index contributed by atoms with van der Waals surface area (Å²) in [5, 5.41) is 27.8. The lowest BCUT2D eigenvalue weighted by atomic mass is 10.2. The summed E-state index contributed by atoms with van der Waals surface area (Å²) >= 11 is 1.71. The molecule has 0 aliphatic rings. The molecule has 1 rings (SSSR count). The van der Waals surface area contributed by atoms with E-state index in [4.69, 9.17) is 25.8 Å². The number of carboxylic acid groups (broad SMARTS) is 3. The first-order valence-electron chi connectivity index (χ1n) is 5.14. The van der Waals surface area contributed by atoms with Gasteiger partial charge in [0.05, 0.1) is 0 Å². The summed E-state index contributed by atoms with van der Waals surface area (Å²) in [6.07, 6.45) is -0.224. The smallest absolute Gasteiger partial charge is 0.320 e. The van der Waals surface area contributed by atoms with Crippen molar-refractivity contribution in [3.8, 4) is 0 Å². The number of thiophene rings is 1. The van der Waals surface area contributed by atoms with Gasteiger partial charge in [0, 0.05) is 13.3 Å². The molecule has 5 N–H and O–H groups in total. The van der Waals surface area contributed by atoms with Crippen molar-refractivity contribution in [2.45, 2.75) is 25.8 Å². The molecule has 0 aromatic carbocycles. The van der Waals surface area contributed by atoms with Crippen LogP contribution in [0, 0.1) is 0 Å². The summed E-state index contributed by atoms with van der Waals surface area (Å²) in [7, 11) is 0. The Morgan fingerprint density at radius 1 is 1.16 bits per heavy atom. The van der Waals surface area contributed by atoms with Gasteiger partial charge in [0.1, 0.15) is 6.04 Å². The Morgan fingerprint density at radius 2 is 1.58 bits per heavy atom. The third-order valence-corrected chi connectivity index (χ3v) is 2.04. The first-order chi connectivity index (χ1) is 8.77. The van der Waals surface area contributed by atoms with E-state index < -0.39 is 23.9 Å². The standard InChI is InChI=1S/C5H9NO4.C4H4S.C2H4O2/c6-3(5(9)10)1-2-4(7)8;1-2-4-5-3-1;1-2(3)4/h3H,1-2,6H2,(H,7,8)(H,9,10);1-4H;1H3,(H,3,4)/t3-;;/m0../s1. The minimum absolute atomic E-state index is 0.0231. The molecule has 0 unspecified atom stereocenters. The van der Waals surface area contributed by atoms with E-state index in [0.717, 1.165) is 6.92 Å². The molecule has 1 heterocycles. The third kappa shape index (κ3) is 21.8. The fourth-order valence-electron chi connectivity index (χ4n) is 0.629. The van der Waals surface area contributed by atoms with Crippen LogP contribution in [0.1, 0.15) is 19.8 Å². The molecule has 108 valence electrons. The molecule has 0 aliphatic heterocycles. The summed E-state index contributed by atoms with van der Waals surface area (Å²) in [5.74, 6) is -3.03. The number of hydrogen-bond donors (Lipinski definition) is 4. The van der Waals surface area contributed by atoms with Gasteiger partial charge in [-0.05, 0) is 17.2 Å². The second kappa shape index (κ2) is 12.5. The highest BCUT2D eigenvalue weighted by Crippen LogP contribution is 1.93. The minimum atomic E-state index is -1.17. The molecule has 0 spiro atoms. The summed E-state index contributed by atoms with van der Waals surface area (Å²) < 4.78 is 0. The topological polar surface area (TPSA) is 138 Å². The zero-order valence-electron chi connectivity index (χ0n) is 10.4. The Labute approximate surface area is 114 Å². The van der Waals surface area contributed by atoms with Gasteiger partial charge in [-0.3, -0.25) is 14.4 Å². The zero-order valence-corrected chi connectivity index (χ0v) is 11.2. The number of nitrogens with two attached hydrogens (primary N) is 1. The van der Waals surface area contributed by atoms with E-state index in [-0.39, 0.29) is 12.8 Å². The molecule has 0 amide bonds. The summed E-state index contributed by atoms with van der Waals surface area (Å²) in [5.41, 5.74) is 5.00. The van der Waals surface area contributed by atoms with Crippen LogP contribution in [0.5, 0.6) is 0 Å². The molecule has 1 atom stereocenters. The van der Waals surface area contributed by atoms with Crippen LogP contribution in [0.25, 0.3) is 0 Å². The van der Waals surface area contributed by atoms with E-state index in [9.17, 15) is 9.59 Å². The maximum atomic E-state index is 9.99. The molecule has 0 fully saturated rings. The molecule has 0 aliphatic carbocycles. The summed E-state index contributed by atoms with van der Waals surface area (Å²) in [4.78, 5) is 28.9. The Balaban J connectivity index is 0. The number of hydrogen-bond acceptors (Lipinski definition) is 5. The lowest BCUT2D eigenvalue weighted by Gasteiger charge is -2.01. The molecular weight excluding hydrogens is 274 g/mol. The minimum Gasteiger partial charge on any atom is -0.481 e. The third-order valence-electron chi connectivity index (χ3n) is 1.41. The fourth-order valence-corrected chi connectivity index (χ4v) is 1.08. The number of rotatable bonds is 4. The van der Waals surface area contributed by atoms with Gasteiger partial charge in [-0.15, -0.1) is 0 Å². The van der Waals surface area contributed by atoms with Crippen molar-refractivity contribution in [1.82, 2.24) is 0 Å². The lowest BCUT2D eigenvalue weighted by molar-refractivity contribution is -0.140. The van der Waals surface area contributed by atoms with Crippen LogP contribution in [0.4, 0.5) is 0 Å². The quantitative estimate of drug-likeness (QED) is 0.651. The van der Waals surface area contributed by atoms with Gasteiger partial charge in [-0.2, -0.15) is 11.3 Å². The normalized spacial score (nSPS) is 10.0. The van der Waals surface area contributed by atoms with Crippen molar-refractivity contribution in [3.63, 3.8) is 0 Å². The van der Waals surface area contributed by atoms with Crippen LogP contribution >= 0.6 is 11.3 Å². The molecule has 0 saturated heterocycles. The van der Waals surface area contributed by atoms with E-state index in [1.54, 1.807) is 11.3 Å². The predicted octanol–water partition coefficient (Wildman–Crippen LogP) is 1.10. The van der Waals surface area contributed by atoms with Crippen LogP contribution in [-0.4, -0.2) is 39.3 Å². The largest absolute Gasteiger partial charge is 0.481 e. The summed E-state index contributed by atoms with van der Waals surface area (Å²) in [6.45, 7) is 1.08. The molecular formula is C11H17NO6S. The van der Waals surface area contributed by atoms with Crippen LogP contribution in [0.3, 0.4) is 0 Å². The van der Waals surface area contributed by atoms with E-state index in [0.29, 0.717) is 0 Å². The lowest BCUT2D eigenvalue weighted by Crippen LogP contribution is -2.30. The van der Waals surface area contributed by atoms with Crippen molar-refractivity contribution >= 4 is 29.2 Å². The first kappa shape index (κ1) is 19.4. The van der Waals surface area contributed by atoms with Crippen molar-refractivity contribution < 1.29 is 29.7 Å². The van der Waals surface area contributed by atoms with Crippen LogP contribution in [-0.2, 0) is 14.4 Å². The predicted molar refractivity (Wildman–Crippen MR) is 70.1 cm³/mol. The Kier molecular flexibility index (Phi) is 12.8. The molecule has 1 aromatic heterocycles. The van der Waals surface area contributed by atoms with Gasteiger partial charge in [0.2, 0.25) is 0 Å². The molecule has 8 heteroatoms. The van der Waals surface area contributed by atoms with Gasteiger partial charge < -0.3 is 21.1 Å². The number of aliphatic carboxylic acids is 3. The first-order valence-corrected chi connectivity index (χ1v) is 6.08. The monoisotopic (exact) mass is 291 g/mol. The van der Waals surface area contributed by atoms with Gasteiger partial charge in [-0.25, -0.2) is 0 Å². The number of carboxylic acids is 3. The molecule has 19 heavy (non-hydrogen) atoms. The maximum Gasteiger partial charge on any atom is 0.320 e. The van der Waals surface area contributed by atoms with Crippen molar-refractivity contribution in [3.05, 3.63) is 22.9 Å². The second-order valence-corrected chi connectivity index (χ2v) is 4.01. The van der Waals surface area contributed by atoms with Crippen molar-refractivity contribution in [1.29, 1.82) is 0 Å². The highest BCUT2D eigenvalue weighted by molar-refractivity contribution is 7.07. The molecule has 0 radical (unpaired) electrons. The van der Waals surface area contributed by atoms with Gasteiger partial charge in [0.25, 0.3) is 5.97 Å². The van der Waals surface area contributed by atoms with Gasteiger partial charge in [0.15, 0.2) is 0 Å². The van der Waals surface area contributed by atoms with Crippen molar-refractivity contribution in [2.75, 3.05) is 0 Å². The van der Waals surface area contributed by atoms with Gasteiger partial charge >= 0.3 is 11.9 Å². The van der Waals surface area contributed by atoms with E-state index >= 15 is 0 Å². The second-order valence-electron chi connectivity index (χ2n) is 3.19. The van der Waals surface area contributed by atoms with Gasteiger partial charge in [-0.1, -0.05) is 12.1 Å². The van der Waals surface area contributed by atoms with Crippen LogP contribution < -0.4 is 5.73 Å². The number of carbonyl (C=O) groups is 3. The maximum absolute atomic E-state index is 9.99. The Hall–Kier alpha value is -1.93. The highest BCUT2D eigenvalue weighted by atomic mass is 32.1. The Bertz CT molecular complexity index is 344. The van der Waals surface area contributed by atoms with Crippen molar-refractivity contribution in [2.24, 2.45) is 5.73 Å². The SMILES string of the molecule is CC(=O)O.N[C@@H](CCC(=O)O)C(=O)O.c1ccsc1. The average molecular weight is 291 g/mol. The zero-order chi connectivity index (χ0) is 15.3. The van der Waals surface area contributed by atoms with E-state index in [1.165, 1.54) is 0 Å².